The van der Waals surface area contributed by atoms with Crippen LogP contribution < -0.4 is 15.9 Å². The minimum atomic E-state index is 0.235. The van der Waals surface area contributed by atoms with Crippen LogP contribution in [0, 0.1) is 0 Å². The normalized spacial score (nSPS) is 17.1. The molecule has 0 spiro atoms. The summed E-state index contributed by atoms with van der Waals surface area (Å²) in [5.74, 6) is 0. The van der Waals surface area contributed by atoms with Gasteiger partial charge in [-0.3, -0.25) is 0 Å². The molecule has 1 aromatic heterocycles. The summed E-state index contributed by atoms with van der Waals surface area (Å²) >= 11 is 0. The van der Waals surface area contributed by atoms with Crippen molar-refractivity contribution in [3.05, 3.63) is 132 Å². The zero-order valence-electron chi connectivity index (χ0n) is 19.1. The van der Waals surface area contributed by atoms with Gasteiger partial charge < -0.3 is 9.88 Å². The maximum Gasteiger partial charge on any atom is 0.0502 e. The van der Waals surface area contributed by atoms with Crippen LogP contribution in [0.3, 0.4) is 0 Å². The second-order valence-electron chi connectivity index (χ2n) is 8.03. The third kappa shape index (κ3) is 5.07. The van der Waals surface area contributed by atoms with Crippen LogP contribution in [-0.2, 0) is 7.05 Å². The Balaban J connectivity index is 1.64. The van der Waals surface area contributed by atoms with E-state index in [1.807, 2.05) is 36.5 Å². The Kier molecular flexibility index (Phi) is 7.06. The molecule has 0 fully saturated rings. The second-order valence-corrected chi connectivity index (χ2v) is 8.03. The van der Waals surface area contributed by atoms with E-state index in [0.29, 0.717) is 0 Å². The SMILES string of the molecule is C=C/C=C(\C=C)c1ccc(NC2C=c3c(c4c(n3C)C=CC=CC=CC=CC=C4)=CC2)cc1. The number of fused-ring (bicyclic) bond motifs is 3. The van der Waals surface area contributed by atoms with Crippen molar-refractivity contribution in [3.63, 3.8) is 0 Å². The highest BCUT2D eigenvalue weighted by molar-refractivity contribution is 5.75. The predicted octanol–water partition coefficient (Wildman–Crippen LogP) is 5.93. The van der Waals surface area contributed by atoms with Crippen molar-refractivity contribution in [2.75, 3.05) is 5.32 Å². The third-order valence-electron chi connectivity index (χ3n) is 5.88. The topological polar surface area (TPSA) is 17.0 Å². The fraction of sp³-hybridized carbons (Fsp3) is 0.0968. The third-order valence-corrected chi connectivity index (χ3v) is 5.88. The number of hydrogen-bond donors (Lipinski definition) is 1. The fourth-order valence-corrected chi connectivity index (χ4v) is 4.23. The minimum absolute atomic E-state index is 0.235. The molecule has 1 aromatic carbocycles. The molecule has 0 saturated heterocycles. The number of hydrogen-bond acceptors (Lipinski definition) is 1. The molecule has 164 valence electrons. The molecule has 1 atom stereocenters. The van der Waals surface area contributed by atoms with Gasteiger partial charge >= 0.3 is 0 Å². The van der Waals surface area contributed by atoms with Crippen LogP contribution in [0.15, 0.2) is 104 Å². The van der Waals surface area contributed by atoms with Crippen molar-refractivity contribution in [1.29, 1.82) is 0 Å². The van der Waals surface area contributed by atoms with Gasteiger partial charge in [0, 0.05) is 34.6 Å². The van der Waals surface area contributed by atoms with E-state index in [4.69, 9.17) is 0 Å². The second kappa shape index (κ2) is 10.5. The van der Waals surface area contributed by atoms with Crippen LogP contribution >= 0.6 is 0 Å². The Morgan fingerprint density at radius 1 is 0.939 bits per heavy atom. The Bertz CT molecular complexity index is 1330. The van der Waals surface area contributed by atoms with Gasteiger partial charge in [0.1, 0.15) is 0 Å². The van der Waals surface area contributed by atoms with Gasteiger partial charge in [0.15, 0.2) is 0 Å². The lowest BCUT2D eigenvalue weighted by Gasteiger charge is -2.17. The lowest BCUT2D eigenvalue weighted by Crippen LogP contribution is -2.36. The highest BCUT2D eigenvalue weighted by Gasteiger charge is 2.15. The lowest BCUT2D eigenvalue weighted by atomic mass is 10.0. The Hall–Kier alpha value is -4.04. The van der Waals surface area contributed by atoms with Gasteiger partial charge in [-0.05, 0) is 41.8 Å². The summed E-state index contributed by atoms with van der Waals surface area (Å²) in [4.78, 5) is 0. The molecule has 2 heteroatoms. The molecule has 0 aliphatic heterocycles. The summed E-state index contributed by atoms with van der Waals surface area (Å²) in [5.41, 5.74) is 5.78. The Morgan fingerprint density at radius 3 is 2.27 bits per heavy atom. The molecular weight excluding hydrogens is 400 g/mol. The van der Waals surface area contributed by atoms with E-state index >= 15 is 0 Å². The highest BCUT2D eigenvalue weighted by atomic mass is 15.0. The van der Waals surface area contributed by atoms with Gasteiger partial charge in [-0.2, -0.15) is 0 Å². The lowest BCUT2D eigenvalue weighted by molar-refractivity contribution is 0.851. The average molecular weight is 431 g/mol. The summed E-state index contributed by atoms with van der Waals surface area (Å²) in [6, 6.07) is 8.73. The van der Waals surface area contributed by atoms with E-state index < -0.39 is 0 Å². The molecule has 0 radical (unpaired) electrons. The zero-order valence-corrected chi connectivity index (χ0v) is 19.1. The van der Waals surface area contributed by atoms with E-state index in [1.54, 1.807) is 6.08 Å². The van der Waals surface area contributed by atoms with Gasteiger partial charge in [0.25, 0.3) is 0 Å². The first-order valence-electron chi connectivity index (χ1n) is 11.3. The van der Waals surface area contributed by atoms with Crippen LogP contribution in [0.5, 0.6) is 0 Å². The van der Waals surface area contributed by atoms with Crippen LogP contribution in [0.1, 0.15) is 23.2 Å². The molecule has 1 N–H and O–H groups in total. The molecule has 0 bridgehead atoms. The molecule has 2 aliphatic carbocycles. The summed E-state index contributed by atoms with van der Waals surface area (Å²) in [7, 11) is 2.14. The van der Waals surface area contributed by atoms with E-state index in [0.717, 1.165) is 23.2 Å². The molecule has 1 heterocycles. The molecule has 0 amide bonds. The summed E-state index contributed by atoms with van der Waals surface area (Å²) in [6.07, 6.45) is 32.2. The van der Waals surface area contributed by atoms with E-state index in [2.05, 4.69) is 103 Å². The molecular formula is C31H30N2. The van der Waals surface area contributed by atoms with Gasteiger partial charge in [-0.1, -0.05) is 104 Å². The molecule has 0 saturated carbocycles. The number of benzene rings is 1. The first kappa shape index (κ1) is 22.2. The Morgan fingerprint density at radius 2 is 1.61 bits per heavy atom. The van der Waals surface area contributed by atoms with Crippen molar-refractivity contribution in [3.8, 4) is 0 Å². The van der Waals surface area contributed by atoms with Gasteiger partial charge in [0.05, 0.1) is 6.04 Å². The zero-order chi connectivity index (χ0) is 23.0. The predicted molar refractivity (Wildman–Crippen MR) is 146 cm³/mol. The average Bonchev–Trinajstić information content (AvgIpc) is 3.08. The molecule has 2 nitrogen and oxygen atoms in total. The molecule has 2 aliphatic rings. The van der Waals surface area contributed by atoms with Crippen LogP contribution in [-0.4, -0.2) is 10.6 Å². The van der Waals surface area contributed by atoms with Crippen LogP contribution in [0.25, 0.3) is 29.9 Å². The molecule has 33 heavy (non-hydrogen) atoms. The smallest absolute Gasteiger partial charge is 0.0502 e. The first-order chi connectivity index (χ1) is 16.2. The highest BCUT2D eigenvalue weighted by Crippen LogP contribution is 2.20. The molecule has 1 unspecified atom stereocenters. The van der Waals surface area contributed by atoms with Gasteiger partial charge in [-0.25, -0.2) is 0 Å². The standard InChI is InChI=1S/C31H30N2/c1-4-14-24(5-2)25-17-19-26(20-18-25)32-27-21-22-29-28-15-12-10-8-6-7-9-11-13-16-30(28)33(3)31(29)23-27/h4-20,22-23,27,32H,1-2,21H2,3H3/b7-6?,8-6?,9-7?,10-8?,11-9?,12-10?,13-11?,15-12?,16-13?,24-14+,28-15?,30-16?. The minimum Gasteiger partial charge on any atom is -0.378 e. The Labute approximate surface area is 196 Å². The summed E-state index contributed by atoms with van der Waals surface area (Å²) < 4.78 is 2.29. The van der Waals surface area contributed by atoms with Crippen molar-refractivity contribution < 1.29 is 0 Å². The van der Waals surface area contributed by atoms with Crippen molar-refractivity contribution in [1.82, 2.24) is 4.57 Å². The van der Waals surface area contributed by atoms with E-state index in [1.165, 1.54) is 21.8 Å². The van der Waals surface area contributed by atoms with Gasteiger partial charge in [0.2, 0.25) is 0 Å². The van der Waals surface area contributed by atoms with Crippen molar-refractivity contribution >= 4 is 35.6 Å². The van der Waals surface area contributed by atoms with Gasteiger partial charge in [-0.15, -0.1) is 0 Å². The number of aromatic nitrogens is 1. The summed E-state index contributed by atoms with van der Waals surface area (Å²) in [6.45, 7) is 7.68. The van der Waals surface area contributed by atoms with Crippen molar-refractivity contribution in [2.45, 2.75) is 12.5 Å². The fourth-order valence-electron chi connectivity index (χ4n) is 4.23. The monoisotopic (exact) mass is 430 g/mol. The largest absolute Gasteiger partial charge is 0.378 e. The van der Waals surface area contributed by atoms with Crippen LogP contribution in [0.4, 0.5) is 5.69 Å². The number of nitrogens with zero attached hydrogens (tertiary/aromatic N) is 1. The first-order valence-corrected chi connectivity index (χ1v) is 11.3. The number of anilines is 1. The van der Waals surface area contributed by atoms with E-state index in [9.17, 15) is 0 Å². The van der Waals surface area contributed by atoms with Crippen molar-refractivity contribution in [2.24, 2.45) is 7.05 Å². The maximum absolute atomic E-state index is 3.90. The van der Waals surface area contributed by atoms with Crippen LogP contribution in [0.2, 0.25) is 0 Å². The number of rotatable bonds is 5. The maximum atomic E-state index is 3.90. The van der Waals surface area contributed by atoms with E-state index in [-0.39, 0.29) is 6.04 Å². The molecule has 2 aromatic rings. The number of allylic oxidation sites excluding steroid dienone is 12. The summed E-state index contributed by atoms with van der Waals surface area (Å²) in [5, 5.41) is 6.23. The molecule has 4 rings (SSSR count). The quantitative estimate of drug-likeness (QED) is 0.582. The number of nitrogens with one attached hydrogen (secondary N) is 1.